The zero-order valence-corrected chi connectivity index (χ0v) is 12.5. The van der Waals surface area contributed by atoms with Crippen LogP contribution in [0.1, 0.15) is 37.8 Å². The number of benzene rings is 1. The first-order valence-electron chi connectivity index (χ1n) is 7.69. The third kappa shape index (κ3) is 3.10. The number of aryl methyl sites for hydroxylation is 1. The van der Waals surface area contributed by atoms with Crippen molar-refractivity contribution >= 4 is 22.3 Å². The molecule has 1 heterocycles. The quantitative estimate of drug-likeness (QED) is 0.757. The molecule has 21 heavy (non-hydrogen) atoms. The molecule has 112 valence electrons. The van der Waals surface area contributed by atoms with Gasteiger partial charge in [-0.2, -0.15) is 0 Å². The fraction of sp³-hybridized carbons (Fsp3) is 0.471. The Labute approximate surface area is 125 Å². The zero-order valence-electron chi connectivity index (χ0n) is 12.5. The standard InChI is InChI=1S/C17H23N3O/c1-12-9-16(14-10-13(18)5-6-15(14)20-12)19-11-17(21)7-3-2-4-8-17/h5-6,9-10,21H,2-4,7-8,11,18H2,1H3,(H,19,20). The highest BCUT2D eigenvalue weighted by Gasteiger charge is 2.28. The van der Waals surface area contributed by atoms with Gasteiger partial charge in [0.25, 0.3) is 0 Å². The number of pyridine rings is 1. The molecule has 0 bridgehead atoms. The normalized spacial score (nSPS) is 17.8. The van der Waals surface area contributed by atoms with Crippen LogP contribution in [-0.2, 0) is 0 Å². The van der Waals surface area contributed by atoms with Gasteiger partial charge >= 0.3 is 0 Å². The second kappa shape index (κ2) is 5.53. The van der Waals surface area contributed by atoms with E-state index in [0.717, 1.165) is 53.7 Å². The maximum atomic E-state index is 10.6. The number of rotatable bonds is 3. The third-order valence-electron chi connectivity index (χ3n) is 4.35. The lowest BCUT2D eigenvalue weighted by Crippen LogP contribution is -2.38. The lowest BCUT2D eigenvalue weighted by Gasteiger charge is -2.32. The number of nitrogens with two attached hydrogens (primary N) is 1. The predicted molar refractivity (Wildman–Crippen MR) is 87.4 cm³/mol. The summed E-state index contributed by atoms with van der Waals surface area (Å²) in [6.45, 7) is 2.57. The van der Waals surface area contributed by atoms with Gasteiger partial charge in [-0.05, 0) is 44.0 Å². The highest BCUT2D eigenvalue weighted by Crippen LogP contribution is 2.30. The van der Waals surface area contributed by atoms with Crippen LogP contribution in [0.5, 0.6) is 0 Å². The number of anilines is 2. The van der Waals surface area contributed by atoms with Crippen LogP contribution in [0, 0.1) is 6.92 Å². The van der Waals surface area contributed by atoms with Crippen LogP contribution in [0.3, 0.4) is 0 Å². The molecule has 0 amide bonds. The number of aromatic nitrogens is 1. The molecule has 0 atom stereocenters. The molecule has 4 N–H and O–H groups in total. The number of fused-ring (bicyclic) bond motifs is 1. The average Bonchev–Trinajstić information content (AvgIpc) is 2.46. The van der Waals surface area contributed by atoms with E-state index in [1.807, 2.05) is 31.2 Å². The first-order chi connectivity index (χ1) is 10.1. The molecule has 1 fully saturated rings. The topological polar surface area (TPSA) is 71.2 Å². The van der Waals surface area contributed by atoms with Crippen molar-refractivity contribution in [3.63, 3.8) is 0 Å². The lowest BCUT2D eigenvalue weighted by atomic mass is 9.85. The van der Waals surface area contributed by atoms with Gasteiger partial charge in [-0.1, -0.05) is 19.3 Å². The van der Waals surface area contributed by atoms with Crippen molar-refractivity contribution in [3.05, 3.63) is 30.0 Å². The Balaban J connectivity index is 1.87. The predicted octanol–water partition coefficient (Wildman–Crippen LogP) is 3.23. The van der Waals surface area contributed by atoms with Crippen molar-refractivity contribution in [2.45, 2.75) is 44.6 Å². The van der Waals surface area contributed by atoms with E-state index in [2.05, 4.69) is 10.3 Å². The Kier molecular flexibility index (Phi) is 3.72. The number of nitrogens with zero attached hydrogens (tertiary/aromatic N) is 1. The Bertz CT molecular complexity index is 648. The Morgan fingerprint density at radius 3 is 2.76 bits per heavy atom. The highest BCUT2D eigenvalue weighted by molar-refractivity contribution is 5.93. The summed E-state index contributed by atoms with van der Waals surface area (Å²) in [7, 11) is 0. The number of nitrogen functional groups attached to an aromatic ring is 1. The molecule has 0 unspecified atom stereocenters. The van der Waals surface area contributed by atoms with Gasteiger partial charge < -0.3 is 16.2 Å². The summed E-state index contributed by atoms with van der Waals surface area (Å²) in [5.41, 5.74) is 8.94. The number of aliphatic hydroxyl groups is 1. The van der Waals surface area contributed by atoms with Crippen molar-refractivity contribution in [3.8, 4) is 0 Å². The van der Waals surface area contributed by atoms with Crippen molar-refractivity contribution in [2.24, 2.45) is 0 Å². The summed E-state index contributed by atoms with van der Waals surface area (Å²) < 4.78 is 0. The molecule has 1 aliphatic rings. The largest absolute Gasteiger partial charge is 0.399 e. The SMILES string of the molecule is Cc1cc(NCC2(O)CCCCC2)c2cc(N)ccc2n1. The molecule has 4 nitrogen and oxygen atoms in total. The van der Waals surface area contributed by atoms with Crippen LogP contribution >= 0.6 is 0 Å². The van der Waals surface area contributed by atoms with E-state index in [0.29, 0.717) is 6.54 Å². The van der Waals surface area contributed by atoms with Crippen molar-refractivity contribution < 1.29 is 5.11 Å². The lowest BCUT2D eigenvalue weighted by molar-refractivity contribution is 0.0167. The van der Waals surface area contributed by atoms with E-state index in [1.165, 1.54) is 6.42 Å². The van der Waals surface area contributed by atoms with Crippen LogP contribution in [0.25, 0.3) is 10.9 Å². The highest BCUT2D eigenvalue weighted by atomic mass is 16.3. The van der Waals surface area contributed by atoms with Crippen LogP contribution in [-0.4, -0.2) is 22.2 Å². The fourth-order valence-corrected chi connectivity index (χ4v) is 3.17. The van der Waals surface area contributed by atoms with Gasteiger partial charge in [0, 0.05) is 29.0 Å². The first kappa shape index (κ1) is 14.1. The van der Waals surface area contributed by atoms with E-state index in [9.17, 15) is 5.11 Å². The maximum Gasteiger partial charge on any atom is 0.0819 e. The van der Waals surface area contributed by atoms with Crippen molar-refractivity contribution in [1.29, 1.82) is 0 Å². The van der Waals surface area contributed by atoms with Crippen LogP contribution < -0.4 is 11.1 Å². The van der Waals surface area contributed by atoms with Gasteiger partial charge in [0.1, 0.15) is 0 Å². The molecule has 1 aromatic carbocycles. The summed E-state index contributed by atoms with van der Waals surface area (Å²) in [4.78, 5) is 4.53. The molecule has 4 heteroatoms. The van der Waals surface area contributed by atoms with E-state index in [4.69, 9.17) is 5.73 Å². The minimum absolute atomic E-state index is 0.581. The zero-order chi connectivity index (χ0) is 14.9. The molecule has 2 aromatic rings. The fourth-order valence-electron chi connectivity index (χ4n) is 3.17. The monoisotopic (exact) mass is 285 g/mol. The molecule has 0 radical (unpaired) electrons. The summed E-state index contributed by atoms with van der Waals surface area (Å²) in [5, 5.41) is 15.1. The van der Waals surface area contributed by atoms with Gasteiger partial charge in [-0.3, -0.25) is 4.98 Å². The third-order valence-corrected chi connectivity index (χ3v) is 4.35. The summed E-state index contributed by atoms with van der Waals surface area (Å²) >= 11 is 0. The minimum Gasteiger partial charge on any atom is -0.399 e. The second-order valence-electron chi connectivity index (χ2n) is 6.23. The van der Waals surface area contributed by atoms with Gasteiger partial charge in [0.2, 0.25) is 0 Å². The molecule has 1 aliphatic carbocycles. The average molecular weight is 285 g/mol. The van der Waals surface area contributed by atoms with E-state index < -0.39 is 5.60 Å². The molecular weight excluding hydrogens is 262 g/mol. The summed E-state index contributed by atoms with van der Waals surface area (Å²) in [6.07, 6.45) is 5.22. The molecule has 0 saturated heterocycles. The molecule has 1 saturated carbocycles. The molecular formula is C17H23N3O. The first-order valence-corrected chi connectivity index (χ1v) is 7.69. The summed E-state index contributed by atoms with van der Waals surface area (Å²) in [5.74, 6) is 0. The maximum absolute atomic E-state index is 10.6. The van der Waals surface area contributed by atoms with Crippen molar-refractivity contribution in [1.82, 2.24) is 4.98 Å². The molecule has 0 spiro atoms. The number of nitrogens with one attached hydrogen (secondary N) is 1. The molecule has 1 aromatic heterocycles. The smallest absolute Gasteiger partial charge is 0.0819 e. The minimum atomic E-state index is -0.581. The molecule has 3 rings (SSSR count). The summed E-state index contributed by atoms with van der Waals surface area (Å²) in [6, 6.07) is 7.77. The Morgan fingerprint density at radius 1 is 1.24 bits per heavy atom. The molecule has 0 aliphatic heterocycles. The van der Waals surface area contributed by atoms with E-state index in [-0.39, 0.29) is 0 Å². The second-order valence-corrected chi connectivity index (χ2v) is 6.23. The van der Waals surface area contributed by atoms with Gasteiger partial charge in [0.05, 0.1) is 11.1 Å². The van der Waals surface area contributed by atoms with Gasteiger partial charge in [-0.25, -0.2) is 0 Å². The van der Waals surface area contributed by atoms with Crippen LogP contribution in [0.2, 0.25) is 0 Å². The number of hydrogen-bond donors (Lipinski definition) is 3. The Hall–Kier alpha value is -1.81. The Morgan fingerprint density at radius 2 is 2.00 bits per heavy atom. The number of hydrogen-bond acceptors (Lipinski definition) is 4. The van der Waals surface area contributed by atoms with Crippen LogP contribution in [0.15, 0.2) is 24.3 Å². The van der Waals surface area contributed by atoms with Crippen LogP contribution in [0.4, 0.5) is 11.4 Å². The van der Waals surface area contributed by atoms with Gasteiger partial charge in [-0.15, -0.1) is 0 Å². The van der Waals surface area contributed by atoms with E-state index >= 15 is 0 Å². The van der Waals surface area contributed by atoms with E-state index in [1.54, 1.807) is 0 Å². The van der Waals surface area contributed by atoms with Crippen molar-refractivity contribution in [2.75, 3.05) is 17.6 Å². The van der Waals surface area contributed by atoms with Gasteiger partial charge in [0.15, 0.2) is 0 Å².